The maximum Gasteiger partial charge on any atom is 0.303 e. The highest BCUT2D eigenvalue weighted by Crippen LogP contribution is 2.22. The third-order valence-corrected chi connectivity index (χ3v) is 15.4. The molecule has 514 valence electrons. The van der Waals surface area contributed by atoms with Gasteiger partial charge in [0.05, 0.1) is 25.5 Å². The Hall–Kier alpha value is -9.41. The van der Waals surface area contributed by atoms with Gasteiger partial charge in [0.25, 0.3) is 5.91 Å². The Morgan fingerprint density at radius 1 is 0.656 bits per heavy atom. The number of aliphatic hydroxyl groups is 1. The van der Waals surface area contributed by atoms with E-state index in [-0.39, 0.29) is 69.4 Å². The van der Waals surface area contributed by atoms with Gasteiger partial charge in [0.2, 0.25) is 70.8 Å². The molecule has 93 heavy (non-hydrogen) atoms. The van der Waals surface area contributed by atoms with Crippen molar-refractivity contribution in [3.8, 4) is 5.75 Å². The molecule has 0 spiro atoms. The fraction of sp³-hybridized carbons (Fsp3) is 0.586. The van der Waals surface area contributed by atoms with Gasteiger partial charge >= 0.3 is 11.9 Å². The van der Waals surface area contributed by atoms with Crippen LogP contribution >= 0.6 is 0 Å². The maximum atomic E-state index is 14.4. The van der Waals surface area contributed by atoms with E-state index in [1.165, 1.54) is 47.9 Å². The molecule has 1 aromatic carbocycles. The molecular formula is C58H86N14O20S. The standard InChI is InChI=1S/C58H86N14O20S/c1-8-10-35(65-55(88)42-11-9-21-72(42)58(91)47(30(4)5)71-56(89)46(29(2)3)70-52(85)37(17-19-45(79)80)66-50(83)36(63-31(6)74)16-18-44(77)78)48(81)57(90)61-26-43(76)64-38(20-22-93(7)92)51(84)68-40(24-33-25-60-28-62-33)54(87)67-39(23-32-12-14-34(75)15-13-32)53(86)69-41(27-73)49(59)82/h12-15,25,28-30,35-42,46-47,73,75H,8-11,16-24,26-27H2,1-7H3,(H2,59,82)(H,60,62)(H,61,90)(H,63,74)(H,64,76)(H,65,88)(H,66,83)(H,67,87)(H,68,84)(H,69,86)(H,70,85)(H,71,89)(H,77,78)(H,79,80)/t35-,36-,37-,38+,39-,40+,41-,42-,46-,47-,93?/m0/s1. The molecule has 17 N–H and O–H groups in total. The number of nitrogens with one attached hydrogen (secondary N) is 11. The monoisotopic (exact) mass is 1330 g/mol. The minimum Gasteiger partial charge on any atom is -0.508 e. The zero-order valence-electron chi connectivity index (χ0n) is 52.7. The lowest BCUT2D eigenvalue weighted by Gasteiger charge is -2.33. The summed E-state index contributed by atoms with van der Waals surface area (Å²) in [6.45, 7) is 7.22. The highest BCUT2D eigenvalue weighted by molar-refractivity contribution is 7.84. The number of aliphatic carboxylic acids is 2. The number of carbonyl (C=O) groups excluding carboxylic acids is 13. The number of carbonyl (C=O) groups is 15. The van der Waals surface area contributed by atoms with Crippen LogP contribution in [0.4, 0.5) is 0 Å². The Kier molecular flexibility index (Phi) is 32.2. The van der Waals surface area contributed by atoms with Crippen LogP contribution in [-0.2, 0) is 95.6 Å². The van der Waals surface area contributed by atoms with Crippen LogP contribution in [0.2, 0.25) is 0 Å². The molecule has 0 bridgehead atoms. The number of phenolic OH excluding ortho intramolecular Hbond substituents is 1. The van der Waals surface area contributed by atoms with E-state index >= 15 is 0 Å². The summed E-state index contributed by atoms with van der Waals surface area (Å²) in [4.78, 5) is 206. The number of carboxylic acid groups (broad SMARTS) is 2. The van der Waals surface area contributed by atoms with Crippen molar-refractivity contribution in [2.24, 2.45) is 17.6 Å². The quantitative estimate of drug-likeness (QED) is 0.0278. The normalized spacial score (nSPS) is 16.0. The fourth-order valence-corrected chi connectivity index (χ4v) is 10.1. The van der Waals surface area contributed by atoms with Gasteiger partial charge < -0.3 is 89.2 Å². The molecule has 0 radical (unpaired) electrons. The number of imidazole rings is 1. The van der Waals surface area contributed by atoms with Gasteiger partial charge in [-0.15, -0.1) is 0 Å². The number of hydrogen-bond donors (Lipinski definition) is 16. The zero-order chi connectivity index (χ0) is 69.8. The van der Waals surface area contributed by atoms with Crippen LogP contribution in [0.3, 0.4) is 0 Å². The average Bonchev–Trinajstić information content (AvgIpc) is 1.80. The number of likely N-dealkylation sites (tertiary alicyclic amines) is 1. The first kappa shape index (κ1) is 77.8. The van der Waals surface area contributed by atoms with Crippen LogP contribution in [0.1, 0.15) is 111 Å². The largest absolute Gasteiger partial charge is 0.508 e. The van der Waals surface area contributed by atoms with Gasteiger partial charge in [0, 0.05) is 73.9 Å². The smallest absolute Gasteiger partial charge is 0.303 e. The number of primary amides is 1. The van der Waals surface area contributed by atoms with Crippen molar-refractivity contribution in [2.45, 2.75) is 173 Å². The van der Waals surface area contributed by atoms with E-state index < -0.39 is 204 Å². The number of rotatable bonds is 40. The second-order valence-corrected chi connectivity index (χ2v) is 24.4. The van der Waals surface area contributed by atoms with Gasteiger partial charge in [0.1, 0.15) is 60.1 Å². The van der Waals surface area contributed by atoms with E-state index in [9.17, 15) is 91.4 Å². The Bertz CT molecular complexity index is 3020. The number of aromatic nitrogens is 2. The highest BCUT2D eigenvalue weighted by atomic mass is 32.2. The minimum absolute atomic E-state index is 0.0119. The Morgan fingerprint density at radius 3 is 1.68 bits per heavy atom. The fourth-order valence-electron chi connectivity index (χ4n) is 9.57. The van der Waals surface area contributed by atoms with Gasteiger partial charge in [0.15, 0.2) is 0 Å². The number of nitrogens with two attached hydrogens (primary N) is 1. The first-order valence-electron chi connectivity index (χ1n) is 30.0. The topological polar surface area (TPSA) is 532 Å². The molecule has 35 heteroatoms. The van der Waals surface area contributed by atoms with Crippen molar-refractivity contribution in [1.82, 2.24) is 68.0 Å². The van der Waals surface area contributed by atoms with E-state index in [4.69, 9.17) is 10.8 Å². The summed E-state index contributed by atoms with van der Waals surface area (Å²) in [5.41, 5.74) is 6.04. The maximum absolute atomic E-state index is 14.4. The van der Waals surface area contributed by atoms with E-state index in [0.29, 0.717) is 11.3 Å². The Balaban J connectivity index is 1.76. The number of benzene rings is 1. The van der Waals surface area contributed by atoms with Gasteiger partial charge in [-0.05, 0) is 68.1 Å². The van der Waals surface area contributed by atoms with E-state index in [2.05, 4.69) is 63.1 Å². The minimum atomic E-state index is -1.60. The second-order valence-electron chi connectivity index (χ2n) is 22.8. The molecule has 0 saturated carbocycles. The molecule has 34 nitrogen and oxygen atoms in total. The molecule has 1 fully saturated rings. The summed E-state index contributed by atoms with van der Waals surface area (Å²) in [6.07, 6.45) is 1.60. The van der Waals surface area contributed by atoms with Crippen LogP contribution in [-0.4, -0.2) is 220 Å². The van der Waals surface area contributed by atoms with Crippen molar-refractivity contribution < 1.29 is 96.6 Å². The van der Waals surface area contributed by atoms with Crippen molar-refractivity contribution in [2.75, 3.05) is 31.7 Å². The van der Waals surface area contributed by atoms with E-state index in [1.807, 2.05) is 0 Å². The number of phenols is 1. The molecule has 1 aromatic heterocycles. The van der Waals surface area contributed by atoms with E-state index in [1.54, 1.807) is 34.6 Å². The Labute approximate surface area is 537 Å². The predicted octanol–water partition coefficient (Wildman–Crippen LogP) is -4.95. The first-order valence-corrected chi connectivity index (χ1v) is 31.7. The zero-order valence-corrected chi connectivity index (χ0v) is 53.5. The van der Waals surface area contributed by atoms with Crippen molar-refractivity contribution in [3.05, 3.63) is 48.0 Å². The van der Waals surface area contributed by atoms with Crippen molar-refractivity contribution >= 4 is 99.4 Å². The molecular weight excluding hydrogens is 1240 g/mol. The van der Waals surface area contributed by atoms with Crippen LogP contribution < -0.4 is 58.9 Å². The number of aliphatic hydroxyl groups excluding tert-OH is 1. The molecule has 11 atom stereocenters. The predicted molar refractivity (Wildman–Crippen MR) is 328 cm³/mol. The van der Waals surface area contributed by atoms with Gasteiger partial charge in [-0.3, -0.25) is 76.1 Å². The average molecular weight is 1330 g/mol. The number of aromatic amines is 1. The lowest BCUT2D eigenvalue weighted by atomic mass is 9.98. The molecule has 1 saturated heterocycles. The molecule has 2 heterocycles. The number of ketones is 1. The lowest BCUT2D eigenvalue weighted by Crippen LogP contribution is -2.61. The summed E-state index contributed by atoms with van der Waals surface area (Å²) in [7, 11) is -1.54. The van der Waals surface area contributed by atoms with Crippen LogP contribution in [0, 0.1) is 11.8 Å². The van der Waals surface area contributed by atoms with E-state index in [0.717, 1.165) is 6.92 Å². The third kappa shape index (κ3) is 26.4. The number of hydrogen-bond acceptors (Lipinski definition) is 19. The number of Topliss-reactive ketones (excluding diaryl/α,β-unsaturated/α-hetero) is 1. The summed E-state index contributed by atoms with van der Waals surface area (Å²) >= 11 is 0. The summed E-state index contributed by atoms with van der Waals surface area (Å²) in [5.74, 6) is -17.0. The van der Waals surface area contributed by atoms with Crippen LogP contribution in [0.15, 0.2) is 36.8 Å². The molecule has 0 aliphatic carbocycles. The number of aromatic hydroxyl groups is 1. The number of carboxylic acids is 2. The second kappa shape index (κ2) is 38.4. The molecule has 12 amide bonds. The molecule has 1 aliphatic heterocycles. The molecule has 1 unspecified atom stereocenters. The molecule has 3 rings (SSSR count). The third-order valence-electron chi connectivity index (χ3n) is 14.6. The van der Waals surface area contributed by atoms with Crippen molar-refractivity contribution in [3.63, 3.8) is 0 Å². The molecule has 1 aliphatic rings. The van der Waals surface area contributed by atoms with Crippen LogP contribution in [0.25, 0.3) is 0 Å². The number of amides is 12. The van der Waals surface area contributed by atoms with Gasteiger partial charge in [-0.25, -0.2) is 4.98 Å². The van der Waals surface area contributed by atoms with Crippen LogP contribution in [0.5, 0.6) is 5.75 Å². The number of nitrogens with zero attached hydrogens (tertiary/aromatic N) is 2. The van der Waals surface area contributed by atoms with Gasteiger partial charge in [-0.1, -0.05) is 53.2 Å². The first-order chi connectivity index (χ1) is 43.8. The van der Waals surface area contributed by atoms with Crippen molar-refractivity contribution in [1.29, 1.82) is 0 Å². The Morgan fingerprint density at radius 2 is 1.17 bits per heavy atom. The summed E-state index contributed by atoms with van der Waals surface area (Å²) < 4.78 is 12.3. The highest BCUT2D eigenvalue weighted by Gasteiger charge is 2.42. The SMILES string of the molecule is CCC[C@H](NC(=O)[C@@H]1CCCN1C(=O)[C@@H](NC(=O)[C@@H](NC(=O)[C@H](CCC(=O)O)NC(=O)[C@H](CCC(=O)O)NC(C)=O)C(C)C)C(C)C)C(=O)C(=O)NCC(=O)N[C@H](CCS(C)=O)C(=O)N[C@H](Cc1cnc[nH]1)C(=O)N[C@@H](Cc1ccc(O)cc1)C(=O)N[C@@H](CO)C(N)=O. The number of H-pyrrole nitrogens is 1. The lowest BCUT2D eigenvalue weighted by molar-refractivity contribution is -0.144. The molecule has 2 aromatic rings. The van der Waals surface area contributed by atoms with Gasteiger partial charge in [-0.2, -0.15) is 0 Å². The summed E-state index contributed by atoms with van der Waals surface area (Å²) in [6, 6.07) is -9.06. The summed E-state index contributed by atoms with van der Waals surface area (Å²) in [5, 5.41) is 62.2.